The molecule has 6 rings (SSSR count). The summed E-state index contributed by atoms with van der Waals surface area (Å²) < 4.78 is 19.5. The molecule has 0 saturated carbocycles. The number of ether oxygens (including phenoxy) is 3. The Kier molecular flexibility index (Phi) is 12.7. The summed E-state index contributed by atoms with van der Waals surface area (Å²) in [7, 11) is 0. The van der Waals surface area contributed by atoms with Gasteiger partial charge in [0.1, 0.15) is 19.0 Å². The zero-order chi connectivity index (χ0) is 31.7. The van der Waals surface area contributed by atoms with E-state index in [1.54, 1.807) is 11.3 Å². The second kappa shape index (κ2) is 17.1. The van der Waals surface area contributed by atoms with Crippen LogP contribution < -0.4 is 33.1 Å². The molecule has 1 amide bonds. The van der Waals surface area contributed by atoms with Crippen molar-refractivity contribution >= 4 is 33.3 Å². The summed E-state index contributed by atoms with van der Waals surface area (Å²) in [5.74, 6) is 1.52. The van der Waals surface area contributed by atoms with Crippen molar-refractivity contribution in [2.75, 3.05) is 52.5 Å². The van der Waals surface area contributed by atoms with E-state index in [-0.39, 0.29) is 31.2 Å². The Morgan fingerprint density at radius 1 is 0.830 bits per heavy atom. The normalized spacial score (nSPS) is 14.8. The summed E-state index contributed by atoms with van der Waals surface area (Å²) in [4.78, 5) is 28.4. The summed E-state index contributed by atoms with van der Waals surface area (Å²) in [6.07, 6.45) is 5.31. The molecule has 4 aromatic rings. The number of carboxylic acid groups (broad SMARTS) is 1. The number of carbonyl (C=O) groups excluding carboxylic acids is 1. The largest absolute Gasteiger partial charge is 1.00 e. The van der Waals surface area contributed by atoms with E-state index < -0.39 is 5.97 Å². The van der Waals surface area contributed by atoms with E-state index in [4.69, 9.17) is 19.3 Å². The third kappa shape index (κ3) is 9.32. The van der Waals surface area contributed by atoms with Crippen LogP contribution in [0.4, 0.5) is 0 Å². The van der Waals surface area contributed by atoms with Crippen LogP contribution in [0.2, 0.25) is 0 Å². The molecule has 2 fully saturated rings. The molecule has 0 radical (unpaired) electrons. The third-order valence-electron chi connectivity index (χ3n) is 8.67. The van der Waals surface area contributed by atoms with Gasteiger partial charge in [-0.3, -0.25) is 14.5 Å². The molecular formula is C37H42LiN2O6S+. The van der Waals surface area contributed by atoms with E-state index in [0.717, 1.165) is 50.3 Å². The van der Waals surface area contributed by atoms with Crippen LogP contribution in [0.5, 0.6) is 17.2 Å². The summed E-state index contributed by atoms with van der Waals surface area (Å²) in [5, 5.41) is 10.3. The van der Waals surface area contributed by atoms with Crippen molar-refractivity contribution in [1.82, 2.24) is 9.80 Å². The number of thiophene rings is 1. The van der Waals surface area contributed by atoms with E-state index in [1.807, 2.05) is 29.2 Å². The Morgan fingerprint density at radius 3 is 2.36 bits per heavy atom. The Balaban J connectivity index is 0.00000433. The van der Waals surface area contributed by atoms with Gasteiger partial charge in [0.15, 0.2) is 11.5 Å². The fourth-order valence-electron chi connectivity index (χ4n) is 6.21. The van der Waals surface area contributed by atoms with E-state index in [9.17, 15) is 9.59 Å². The maximum Gasteiger partial charge on any atom is 1.00 e. The van der Waals surface area contributed by atoms with Crippen LogP contribution in [-0.2, 0) is 16.0 Å². The quantitative estimate of drug-likeness (QED) is 0.146. The standard InChI is InChI=1S/C37H42N2O6S.Li/c40-35-9-5-19-39(35)21-24-43-29-14-11-27(12-15-29)25-31-30-7-1-2-8-34(30)46-37(31)28-13-16-32(45-23-20-38-17-3-4-18-38)33(26-28)44-22-6-10-36(41)42;/h1-2,7-8,11-16,26H,3-6,9-10,17-25H2,(H,41,42);/q;+1. The van der Waals surface area contributed by atoms with Crippen molar-refractivity contribution in [3.63, 3.8) is 0 Å². The molecule has 2 aliphatic rings. The fraction of sp³-hybridized carbons (Fsp3) is 0.405. The second-order valence-corrected chi connectivity index (χ2v) is 13.0. The number of nitrogens with zero attached hydrogens (tertiary/aromatic N) is 2. The molecule has 0 bridgehead atoms. The fourth-order valence-corrected chi connectivity index (χ4v) is 7.42. The molecule has 0 aliphatic carbocycles. The molecule has 0 spiro atoms. The van der Waals surface area contributed by atoms with E-state index in [1.165, 1.54) is 38.9 Å². The van der Waals surface area contributed by atoms with E-state index >= 15 is 0 Å². The van der Waals surface area contributed by atoms with Crippen molar-refractivity contribution in [3.05, 3.63) is 77.9 Å². The number of fused-ring (bicyclic) bond motifs is 1. The van der Waals surface area contributed by atoms with Crippen LogP contribution in [0.15, 0.2) is 66.7 Å². The van der Waals surface area contributed by atoms with Gasteiger partial charge in [-0.05, 0) is 104 Å². The van der Waals surface area contributed by atoms with Gasteiger partial charge in [0.25, 0.3) is 0 Å². The molecular weight excluding hydrogens is 607 g/mol. The van der Waals surface area contributed by atoms with Gasteiger partial charge in [-0.15, -0.1) is 11.3 Å². The zero-order valence-electron chi connectivity index (χ0n) is 27.2. The average Bonchev–Trinajstić information content (AvgIpc) is 3.82. The number of likely N-dealkylation sites (tertiary alicyclic amines) is 2. The van der Waals surface area contributed by atoms with Crippen molar-refractivity contribution in [1.29, 1.82) is 0 Å². The minimum atomic E-state index is -0.826. The second-order valence-electron chi connectivity index (χ2n) is 12.0. The molecule has 242 valence electrons. The van der Waals surface area contributed by atoms with Gasteiger partial charge in [-0.2, -0.15) is 0 Å². The van der Waals surface area contributed by atoms with Gasteiger partial charge in [0.05, 0.1) is 13.2 Å². The Morgan fingerprint density at radius 2 is 1.60 bits per heavy atom. The first-order valence-electron chi connectivity index (χ1n) is 16.4. The smallest absolute Gasteiger partial charge is 0.492 e. The van der Waals surface area contributed by atoms with E-state index in [2.05, 4.69) is 47.4 Å². The van der Waals surface area contributed by atoms with Crippen molar-refractivity contribution in [3.8, 4) is 27.7 Å². The maximum atomic E-state index is 11.9. The van der Waals surface area contributed by atoms with Gasteiger partial charge < -0.3 is 24.2 Å². The molecule has 47 heavy (non-hydrogen) atoms. The van der Waals surface area contributed by atoms with Crippen LogP contribution in [0.1, 0.15) is 49.7 Å². The Hall–Kier alpha value is -3.48. The van der Waals surface area contributed by atoms with E-state index in [0.29, 0.717) is 50.7 Å². The van der Waals surface area contributed by atoms with Crippen molar-refractivity contribution in [2.24, 2.45) is 0 Å². The first-order valence-corrected chi connectivity index (χ1v) is 17.2. The van der Waals surface area contributed by atoms with Crippen molar-refractivity contribution < 1.29 is 47.8 Å². The average molecular weight is 650 g/mol. The van der Waals surface area contributed by atoms with Gasteiger partial charge in [0, 0.05) is 35.5 Å². The molecule has 0 atom stereocenters. The van der Waals surface area contributed by atoms with Gasteiger partial charge in [-0.25, -0.2) is 0 Å². The third-order valence-corrected chi connectivity index (χ3v) is 9.93. The van der Waals surface area contributed by atoms with Crippen LogP contribution in [0, 0.1) is 0 Å². The predicted molar refractivity (Wildman–Crippen MR) is 181 cm³/mol. The molecule has 0 unspecified atom stereocenters. The molecule has 10 heteroatoms. The number of carboxylic acids is 1. The first kappa shape index (κ1) is 34.8. The predicted octanol–water partition coefficient (Wildman–Crippen LogP) is 3.88. The summed E-state index contributed by atoms with van der Waals surface area (Å²) in [6.45, 7) is 5.93. The summed E-state index contributed by atoms with van der Waals surface area (Å²) in [5.41, 5.74) is 3.48. The van der Waals surface area contributed by atoms with Gasteiger partial charge >= 0.3 is 24.8 Å². The van der Waals surface area contributed by atoms with Gasteiger partial charge in [0.2, 0.25) is 5.91 Å². The SMILES string of the molecule is O=C(O)CCCOc1cc(-c2sc3ccccc3c2Cc2ccc(OCCN3CCCC3=O)cc2)ccc1OCCN1CCCC1.[Li+]. The summed E-state index contributed by atoms with van der Waals surface area (Å²) in [6, 6.07) is 22.9. The molecule has 1 N–H and O–H groups in total. The molecule has 3 aromatic carbocycles. The van der Waals surface area contributed by atoms with Crippen molar-refractivity contribution in [2.45, 2.75) is 44.9 Å². The topological polar surface area (TPSA) is 88.5 Å². The first-order chi connectivity index (χ1) is 22.5. The Bertz CT molecular complexity index is 1640. The van der Waals surface area contributed by atoms with Crippen LogP contribution in [0.25, 0.3) is 20.5 Å². The molecule has 8 nitrogen and oxygen atoms in total. The number of hydrogen-bond acceptors (Lipinski definition) is 7. The number of amides is 1. The number of hydrogen-bond donors (Lipinski definition) is 1. The minimum Gasteiger partial charge on any atom is -0.492 e. The van der Waals surface area contributed by atoms with Crippen LogP contribution in [0.3, 0.4) is 0 Å². The molecule has 3 heterocycles. The zero-order valence-corrected chi connectivity index (χ0v) is 28.1. The number of benzene rings is 3. The molecule has 2 saturated heterocycles. The monoisotopic (exact) mass is 649 g/mol. The van der Waals surface area contributed by atoms with Gasteiger partial charge in [-0.1, -0.05) is 30.3 Å². The Labute approximate surface area is 292 Å². The number of rotatable bonds is 16. The molecule has 1 aromatic heterocycles. The summed E-state index contributed by atoms with van der Waals surface area (Å²) >= 11 is 1.77. The minimum absolute atomic E-state index is 0. The maximum absolute atomic E-state index is 11.9. The number of aliphatic carboxylic acids is 1. The van der Waals surface area contributed by atoms with Crippen LogP contribution >= 0.6 is 11.3 Å². The van der Waals surface area contributed by atoms with Crippen LogP contribution in [-0.4, -0.2) is 79.3 Å². The number of carbonyl (C=O) groups is 2. The molecule has 2 aliphatic heterocycles.